The molecule has 0 aromatic carbocycles. The number of nitrogens with one attached hydrogen (secondary N) is 1. The van der Waals surface area contributed by atoms with E-state index in [2.05, 4.69) is 24.9 Å². The zero-order valence-electron chi connectivity index (χ0n) is 6.19. The van der Waals surface area contributed by atoms with E-state index < -0.39 is 0 Å². The van der Waals surface area contributed by atoms with E-state index in [1.54, 1.807) is 0 Å². The first kappa shape index (κ1) is 9.31. The minimum Gasteiger partial charge on any atom is -0.316 e. The van der Waals surface area contributed by atoms with Gasteiger partial charge in [-0.05, 0) is 13.0 Å². The summed E-state index contributed by atoms with van der Waals surface area (Å²) in [5.41, 5.74) is 0. The molecule has 0 aromatic rings. The zero-order chi connectivity index (χ0) is 6.95. The third-order valence-corrected chi connectivity index (χ3v) is 1.47. The van der Waals surface area contributed by atoms with Crippen molar-refractivity contribution >= 4 is 12.6 Å². The standard InChI is InChI=1S/C7H17NS/c1-2-3-4-5-8-6-7-9/h8-9H,2-7H2,1H3. The molecule has 1 N–H and O–H groups in total. The van der Waals surface area contributed by atoms with Crippen LogP contribution in [0.25, 0.3) is 0 Å². The average molecular weight is 147 g/mol. The number of unbranched alkanes of at least 4 members (excludes halogenated alkanes) is 2. The fraction of sp³-hybridized carbons (Fsp3) is 1.00. The maximum atomic E-state index is 4.08. The Balaban J connectivity index is 2.60. The van der Waals surface area contributed by atoms with Crippen LogP contribution in [0.4, 0.5) is 0 Å². The molecule has 0 aromatic heterocycles. The molecule has 0 aliphatic heterocycles. The van der Waals surface area contributed by atoms with Gasteiger partial charge in [0.25, 0.3) is 0 Å². The lowest BCUT2D eigenvalue weighted by molar-refractivity contribution is 0.636. The average Bonchev–Trinajstić information content (AvgIpc) is 1.89. The maximum absolute atomic E-state index is 4.08. The first-order valence-corrected chi connectivity index (χ1v) is 4.36. The minimum absolute atomic E-state index is 0.951. The summed E-state index contributed by atoms with van der Waals surface area (Å²) in [5, 5.41) is 3.29. The van der Waals surface area contributed by atoms with Gasteiger partial charge in [0.1, 0.15) is 0 Å². The molecule has 0 heterocycles. The molecule has 0 rings (SSSR count). The SMILES string of the molecule is CCCCCNCCS. The van der Waals surface area contributed by atoms with Crippen LogP contribution in [0.3, 0.4) is 0 Å². The lowest BCUT2D eigenvalue weighted by atomic mass is 10.2. The van der Waals surface area contributed by atoms with Gasteiger partial charge >= 0.3 is 0 Å². The highest BCUT2D eigenvalue weighted by Crippen LogP contribution is 1.90. The highest BCUT2D eigenvalue weighted by molar-refractivity contribution is 7.80. The molecule has 0 aliphatic rings. The van der Waals surface area contributed by atoms with E-state index in [4.69, 9.17) is 0 Å². The summed E-state index contributed by atoms with van der Waals surface area (Å²) in [4.78, 5) is 0. The molecular formula is C7H17NS. The molecule has 0 radical (unpaired) electrons. The highest BCUT2D eigenvalue weighted by atomic mass is 32.1. The molecule has 0 aliphatic carbocycles. The second kappa shape index (κ2) is 8.31. The summed E-state index contributed by atoms with van der Waals surface area (Å²) in [5.74, 6) is 0.951. The van der Waals surface area contributed by atoms with Crippen LogP contribution in [0, 0.1) is 0 Å². The Morgan fingerprint density at radius 2 is 2.00 bits per heavy atom. The van der Waals surface area contributed by atoms with Crippen molar-refractivity contribution in [3.05, 3.63) is 0 Å². The van der Waals surface area contributed by atoms with Gasteiger partial charge in [-0.1, -0.05) is 19.8 Å². The Kier molecular flexibility index (Phi) is 8.60. The third kappa shape index (κ3) is 8.31. The first-order chi connectivity index (χ1) is 4.41. The molecule has 9 heavy (non-hydrogen) atoms. The van der Waals surface area contributed by atoms with E-state index in [1.165, 1.54) is 19.3 Å². The van der Waals surface area contributed by atoms with Gasteiger partial charge < -0.3 is 5.32 Å². The van der Waals surface area contributed by atoms with Crippen molar-refractivity contribution in [2.24, 2.45) is 0 Å². The highest BCUT2D eigenvalue weighted by Gasteiger charge is 1.83. The van der Waals surface area contributed by atoms with Crippen LogP contribution in [-0.4, -0.2) is 18.8 Å². The second-order valence-corrected chi connectivity index (χ2v) is 2.63. The number of rotatable bonds is 6. The van der Waals surface area contributed by atoms with E-state index in [0.717, 1.165) is 18.8 Å². The summed E-state index contributed by atoms with van der Waals surface area (Å²) >= 11 is 4.08. The van der Waals surface area contributed by atoms with Gasteiger partial charge in [0.2, 0.25) is 0 Å². The van der Waals surface area contributed by atoms with Crippen LogP contribution in [0.15, 0.2) is 0 Å². The molecular weight excluding hydrogens is 130 g/mol. The van der Waals surface area contributed by atoms with Gasteiger partial charge in [-0.25, -0.2) is 0 Å². The van der Waals surface area contributed by atoms with Crippen LogP contribution < -0.4 is 5.32 Å². The lowest BCUT2D eigenvalue weighted by Gasteiger charge is -1.99. The number of hydrogen-bond acceptors (Lipinski definition) is 2. The third-order valence-electron chi connectivity index (χ3n) is 1.25. The van der Waals surface area contributed by atoms with Crippen LogP contribution in [0.1, 0.15) is 26.2 Å². The molecule has 0 fully saturated rings. The van der Waals surface area contributed by atoms with Crippen molar-refractivity contribution in [2.45, 2.75) is 26.2 Å². The molecule has 56 valence electrons. The van der Waals surface area contributed by atoms with E-state index in [0.29, 0.717) is 0 Å². The van der Waals surface area contributed by atoms with Gasteiger partial charge in [-0.15, -0.1) is 0 Å². The second-order valence-electron chi connectivity index (χ2n) is 2.18. The smallest absolute Gasteiger partial charge is 0.00397 e. The van der Waals surface area contributed by atoms with Gasteiger partial charge in [0, 0.05) is 12.3 Å². The van der Waals surface area contributed by atoms with E-state index in [1.807, 2.05) is 0 Å². The van der Waals surface area contributed by atoms with Crippen molar-refractivity contribution in [1.82, 2.24) is 5.32 Å². The predicted octanol–water partition coefficient (Wildman–Crippen LogP) is 1.70. The molecule has 0 amide bonds. The summed E-state index contributed by atoms with van der Waals surface area (Å²) < 4.78 is 0. The van der Waals surface area contributed by atoms with E-state index in [9.17, 15) is 0 Å². The number of hydrogen-bond donors (Lipinski definition) is 2. The fourth-order valence-corrected chi connectivity index (χ4v) is 0.862. The Morgan fingerprint density at radius 1 is 1.22 bits per heavy atom. The van der Waals surface area contributed by atoms with Gasteiger partial charge in [-0.2, -0.15) is 12.6 Å². The van der Waals surface area contributed by atoms with Crippen molar-refractivity contribution < 1.29 is 0 Å². The normalized spacial score (nSPS) is 10.0. The molecule has 0 saturated heterocycles. The van der Waals surface area contributed by atoms with E-state index >= 15 is 0 Å². The summed E-state index contributed by atoms with van der Waals surface area (Å²) in [6, 6.07) is 0. The molecule has 1 nitrogen and oxygen atoms in total. The Hall–Kier alpha value is 0.310. The monoisotopic (exact) mass is 147 g/mol. The van der Waals surface area contributed by atoms with Crippen molar-refractivity contribution in [2.75, 3.05) is 18.8 Å². The Labute approximate surface area is 63.6 Å². The van der Waals surface area contributed by atoms with Crippen LogP contribution >= 0.6 is 12.6 Å². The van der Waals surface area contributed by atoms with Crippen molar-refractivity contribution in [3.63, 3.8) is 0 Å². The summed E-state index contributed by atoms with van der Waals surface area (Å²) in [7, 11) is 0. The lowest BCUT2D eigenvalue weighted by Crippen LogP contribution is -2.17. The van der Waals surface area contributed by atoms with Crippen LogP contribution in [0.5, 0.6) is 0 Å². The topological polar surface area (TPSA) is 12.0 Å². The first-order valence-electron chi connectivity index (χ1n) is 3.73. The molecule has 0 atom stereocenters. The molecule has 0 saturated carbocycles. The number of thiol groups is 1. The summed E-state index contributed by atoms with van der Waals surface area (Å²) in [6.45, 7) is 4.43. The summed E-state index contributed by atoms with van der Waals surface area (Å²) in [6.07, 6.45) is 3.96. The molecule has 0 spiro atoms. The molecule has 2 heteroatoms. The predicted molar refractivity (Wildman–Crippen MR) is 46.2 cm³/mol. The van der Waals surface area contributed by atoms with E-state index in [-0.39, 0.29) is 0 Å². The quantitative estimate of drug-likeness (QED) is 0.430. The molecule has 0 unspecified atom stereocenters. The van der Waals surface area contributed by atoms with Crippen molar-refractivity contribution in [3.8, 4) is 0 Å². The maximum Gasteiger partial charge on any atom is 0.00397 e. The Bertz CT molecular complexity index is 42.2. The zero-order valence-corrected chi connectivity index (χ0v) is 7.08. The van der Waals surface area contributed by atoms with Crippen LogP contribution in [0.2, 0.25) is 0 Å². The van der Waals surface area contributed by atoms with Crippen molar-refractivity contribution in [1.29, 1.82) is 0 Å². The fourth-order valence-electron chi connectivity index (χ4n) is 0.704. The van der Waals surface area contributed by atoms with Gasteiger partial charge in [0.05, 0.1) is 0 Å². The van der Waals surface area contributed by atoms with Gasteiger partial charge in [0.15, 0.2) is 0 Å². The minimum atomic E-state index is 0.951. The van der Waals surface area contributed by atoms with Crippen LogP contribution in [-0.2, 0) is 0 Å². The molecule has 0 bridgehead atoms. The van der Waals surface area contributed by atoms with Gasteiger partial charge in [-0.3, -0.25) is 0 Å². The Morgan fingerprint density at radius 3 is 2.56 bits per heavy atom. The largest absolute Gasteiger partial charge is 0.316 e.